The third-order valence-corrected chi connectivity index (χ3v) is 10.5. The number of nitrogens with one attached hydrogen (secondary N) is 2. The molecule has 36 heavy (non-hydrogen) atoms. The van der Waals surface area contributed by atoms with Gasteiger partial charge in [0.1, 0.15) is 10.3 Å². The van der Waals surface area contributed by atoms with Crippen molar-refractivity contribution in [1.29, 1.82) is 0 Å². The number of sulfonamides is 1. The summed E-state index contributed by atoms with van der Waals surface area (Å²) in [5, 5.41) is 4.63. The van der Waals surface area contributed by atoms with Crippen molar-refractivity contribution in [1.82, 2.24) is 24.7 Å². The Morgan fingerprint density at radius 2 is 1.89 bits per heavy atom. The fraction of sp³-hybridized carbons (Fsp3) is 0.583. The Morgan fingerprint density at radius 1 is 1.11 bits per heavy atom. The summed E-state index contributed by atoms with van der Waals surface area (Å²) in [6, 6.07) is 6.10. The Labute approximate surface area is 220 Å². The summed E-state index contributed by atoms with van der Waals surface area (Å²) in [5.74, 6) is -0.383. The molecule has 2 aromatic rings. The van der Waals surface area contributed by atoms with Crippen LogP contribution in [0, 0.1) is 0 Å². The number of benzene rings is 1. The molecule has 3 aliphatic rings. The highest BCUT2D eigenvalue weighted by molar-refractivity contribution is 7.91. The minimum Gasteiger partial charge on any atom is -0.337 e. The first kappa shape index (κ1) is 25.9. The van der Waals surface area contributed by atoms with Gasteiger partial charge < -0.3 is 15.1 Å². The first-order valence-corrected chi connectivity index (χ1v) is 15.2. The first-order chi connectivity index (χ1) is 17.3. The number of thiophene rings is 1. The predicted molar refractivity (Wildman–Crippen MR) is 141 cm³/mol. The van der Waals surface area contributed by atoms with Crippen LogP contribution in [0.15, 0.2) is 28.5 Å². The van der Waals surface area contributed by atoms with Crippen LogP contribution in [0.3, 0.4) is 0 Å². The number of piperidine rings is 1. The zero-order chi connectivity index (χ0) is 25.3. The molecule has 3 aliphatic heterocycles. The maximum Gasteiger partial charge on any atom is 0.250 e. The van der Waals surface area contributed by atoms with Gasteiger partial charge in [0, 0.05) is 61.6 Å². The molecule has 0 unspecified atom stereocenters. The lowest BCUT2D eigenvalue weighted by Gasteiger charge is -2.36. The standard InChI is InChI=1S/C24H32ClN5O4S2/c25-18-5-6-21-17(13-18)14-23(35-21)36(33,34)27-20-4-2-9-29(24(20)32)16-22(31)30-10-1-3-19(30)15-28-11-7-26-8-12-28/h5-6,13-14,19-20,26-27H,1-4,7-12,15-16H2/t19-,20-/m0/s1. The molecule has 0 saturated carbocycles. The minimum absolute atomic E-state index is 0.00347. The Morgan fingerprint density at radius 3 is 2.69 bits per heavy atom. The molecule has 2 amide bonds. The number of likely N-dealkylation sites (tertiary alicyclic amines) is 2. The average Bonchev–Trinajstić information content (AvgIpc) is 3.49. The zero-order valence-corrected chi connectivity index (χ0v) is 22.5. The van der Waals surface area contributed by atoms with Crippen LogP contribution in [-0.4, -0.2) is 99.4 Å². The highest BCUT2D eigenvalue weighted by Gasteiger charge is 2.36. The lowest BCUT2D eigenvalue weighted by Crippen LogP contribution is -2.55. The van der Waals surface area contributed by atoms with Crippen LogP contribution in [0.4, 0.5) is 0 Å². The average molecular weight is 554 g/mol. The van der Waals surface area contributed by atoms with Crippen LogP contribution in [0.5, 0.6) is 0 Å². The summed E-state index contributed by atoms with van der Waals surface area (Å²) in [6.07, 6.45) is 3.00. The van der Waals surface area contributed by atoms with Gasteiger partial charge in [-0.1, -0.05) is 11.6 Å². The summed E-state index contributed by atoms with van der Waals surface area (Å²) >= 11 is 7.18. The maximum atomic E-state index is 13.2. The van der Waals surface area contributed by atoms with Gasteiger partial charge in [0.2, 0.25) is 11.8 Å². The monoisotopic (exact) mass is 553 g/mol. The summed E-state index contributed by atoms with van der Waals surface area (Å²) in [7, 11) is -3.89. The third kappa shape index (κ3) is 5.71. The van der Waals surface area contributed by atoms with E-state index in [1.54, 1.807) is 24.3 Å². The van der Waals surface area contributed by atoms with Crippen molar-refractivity contribution in [2.24, 2.45) is 0 Å². The van der Waals surface area contributed by atoms with Crippen LogP contribution in [0.2, 0.25) is 5.02 Å². The number of carbonyl (C=O) groups excluding carboxylic acids is 2. The molecule has 4 heterocycles. The van der Waals surface area contributed by atoms with Gasteiger partial charge in [0.05, 0.1) is 6.54 Å². The maximum absolute atomic E-state index is 13.2. The van der Waals surface area contributed by atoms with Crippen LogP contribution in [0.25, 0.3) is 10.1 Å². The van der Waals surface area contributed by atoms with Crippen molar-refractivity contribution in [3.05, 3.63) is 29.3 Å². The third-order valence-electron chi connectivity index (χ3n) is 7.25. The van der Waals surface area contributed by atoms with Gasteiger partial charge in [-0.25, -0.2) is 8.42 Å². The second-order valence-corrected chi connectivity index (χ2v) is 13.2. The normalized spacial score (nSPS) is 24.1. The van der Waals surface area contributed by atoms with Gasteiger partial charge in [0.15, 0.2) is 0 Å². The van der Waals surface area contributed by atoms with E-state index >= 15 is 0 Å². The fourth-order valence-electron chi connectivity index (χ4n) is 5.37. The number of halogens is 1. The summed E-state index contributed by atoms with van der Waals surface area (Å²) in [6.45, 7) is 5.94. The zero-order valence-electron chi connectivity index (χ0n) is 20.1. The number of carbonyl (C=O) groups is 2. The van der Waals surface area contributed by atoms with Gasteiger partial charge in [-0.05, 0) is 55.3 Å². The molecule has 0 spiro atoms. The largest absolute Gasteiger partial charge is 0.337 e. The van der Waals surface area contributed by atoms with E-state index < -0.39 is 16.1 Å². The van der Waals surface area contributed by atoms with Gasteiger partial charge in [-0.3, -0.25) is 14.5 Å². The lowest BCUT2D eigenvalue weighted by atomic mass is 10.1. The van der Waals surface area contributed by atoms with E-state index in [1.807, 2.05) is 4.90 Å². The molecule has 1 aromatic heterocycles. The highest BCUT2D eigenvalue weighted by atomic mass is 35.5. The van der Waals surface area contributed by atoms with Gasteiger partial charge >= 0.3 is 0 Å². The molecular formula is C24H32ClN5O4S2. The second-order valence-electron chi connectivity index (χ2n) is 9.76. The van der Waals surface area contributed by atoms with E-state index in [1.165, 1.54) is 4.90 Å². The molecule has 3 saturated heterocycles. The number of nitrogens with zero attached hydrogens (tertiary/aromatic N) is 3. The number of amides is 2. The van der Waals surface area contributed by atoms with Crippen molar-refractivity contribution >= 4 is 54.9 Å². The van der Waals surface area contributed by atoms with Crippen LogP contribution < -0.4 is 10.0 Å². The van der Waals surface area contributed by atoms with Crippen molar-refractivity contribution in [2.45, 2.75) is 42.0 Å². The molecule has 5 rings (SSSR count). The van der Waals surface area contributed by atoms with E-state index in [4.69, 9.17) is 11.6 Å². The Hall–Kier alpha value is -1.76. The smallest absolute Gasteiger partial charge is 0.250 e. The molecule has 1 aromatic carbocycles. The molecule has 196 valence electrons. The molecule has 0 radical (unpaired) electrons. The van der Waals surface area contributed by atoms with E-state index in [9.17, 15) is 18.0 Å². The summed E-state index contributed by atoms with van der Waals surface area (Å²) in [4.78, 5) is 32.2. The number of piperazine rings is 1. The van der Waals surface area contributed by atoms with Gasteiger partial charge in [-0.15, -0.1) is 11.3 Å². The SMILES string of the molecule is O=C1[C@@H](NS(=O)(=O)c2cc3cc(Cl)ccc3s2)CCCN1CC(=O)N1CCC[C@H]1CN1CCNCC1. The van der Waals surface area contributed by atoms with Crippen molar-refractivity contribution in [2.75, 3.05) is 52.4 Å². The van der Waals surface area contributed by atoms with Crippen molar-refractivity contribution in [3.63, 3.8) is 0 Å². The topological polar surface area (TPSA) is 102 Å². The quantitative estimate of drug-likeness (QED) is 0.541. The second kappa shape index (κ2) is 10.9. The first-order valence-electron chi connectivity index (χ1n) is 12.5. The van der Waals surface area contributed by atoms with Crippen LogP contribution in [0.1, 0.15) is 25.7 Å². The summed E-state index contributed by atoms with van der Waals surface area (Å²) < 4.78 is 29.7. The number of fused-ring (bicyclic) bond motifs is 1. The fourth-order valence-corrected chi connectivity index (χ4v) is 8.17. The van der Waals surface area contributed by atoms with Crippen LogP contribution >= 0.6 is 22.9 Å². The molecule has 12 heteroatoms. The number of hydrogen-bond acceptors (Lipinski definition) is 7. The summed E-state index contributed by atoms with van der Waals surface area (Å²) in [5.41, 5.74) is 0. The Bertz CT molecular complexity index is 1230. The molecule has 0 aliphatic carbocycles. The molecule has 2 atom stereocenters. The van der Waals surface area contributed by atoms with Gasteiger partial charge in [0.25, 0.3) is 10.0 Å². The van der Waals surface area contributed by atoms with E-state index in [0.29, 0.717) is 31.0 Å². The van der Waals surface area contributed by atoms with Crippen molar-refractivity contribution < 1.29 is 18.0 Å². The highest BCUT2D eigenvalue weighted by Crippen LogP contribution is 2.31. The molecule has 9 nitrogen and oxygen atoms in total. The van der Waals surface area contributed by atoms with E-state index in [0.717, 1.165) is 67.0 Å². The van der Waals surface area contributed by atoms with E-state index in [-0.39, 0.29) is 28.6 Å². The predicted octanol–water partition coefficient (Wildman–Crippen LogP) is 1.72. The van der Waals surface area contributed by atoms with Crippen LogP contribution in [-0.2, 0) is 19.6 Å². The Kier molecular flexibility index (Phi) is 7.85. The molecular weight excluding hydrogens is 522 g/mol. The number of hydrogen-bond donors (Lipinski definition) is 2. The number of rotatable bonds is 7. The Balaban J connectivity index is 1.21. The molecule has 2 N–H and O–H groups in total. The van der Waals surface area contributed by atoms with Gasteiger partial charge in [-0.2, -0.15) is 4.72 Å². The van der Waals surface area contributed by atoms with Crippen molar-refractivity contribution in [3.8, 4) is 0 Å². The molecule has 3 fully saturated rings. The van der Waals surface area contributed by atoms with E-state index in [2.05, 4.69) is 14.9 Å². The lowest BCUT2D eigenvalue weighted by molar-refractivity contribution is -0.143. The molecule has 0 bridgehead atoms. The minimum atomic E-state index is -3.89.